The number of carbonyl (C=O) groups excluding carboxylic acids is 1. The first-order valence-corrected chi connectivity index (χ1v) is 11.3. The Bertz CT molecular complexity index is 844. The molecule has 0 aliphatic carbocycles. The smallest absolute Gasteiger partial charge is 0.243 e. The lowest BCUT2D eigenvalue weighted by Crippen LogP contribution is -2.49. The van der Waals surface area contributed by atoms with Crippen LogP contribution < -0.4 is 0 Å². The summed E-state index contributed by atoms with van der Waals surface area (Å²) in [7, 11) is -6.84. The van der Waals surface area contributed by atoms with Gasteiger partial charge in [-0.3, -0.25) is 4.79 Å². The Labute approximate surface area is 142 Å². The van der Waals surface area contributed by atoms with Crippen molar-refractivity contribution in [3.05, 3.63) is 29.8 Å². The number of hydrogen-bond donors (Lipinski definition) is 0. The predicted molar refractivity (Wildman–Crippen MR) is 90.1 cm³/mol. The van der Waals surface area contributed by atoms with E-state index in [1.54, 1.807) is 0 Å². The van der Waals surface area contributed by atoms with Gasteiger partial charge in [-0.2, -0.15) is 4.31 Å². The summed E-state index contributed by atoms with van der Waals surface area (Å²) in [5, 5.41) is -0.457. The van der Waals surface area contributed by atoms with Crippen molar-refractivity contribution in [2.24, 2.45) is 0 Å². The fraction of sp³-hybridized carbons (Fsp3) is 0.562. The molecule has 0 radical (unpaired) electrons. The molecule has 132 valence electrons. The van der Waals surface area contributed by atoms with E-state index in [2.05, 4.69) is 0 Å². The maximum absolute atomic E-state index is 13.0. The van der Waals surface area contributed by atoms with Crippen molar-refractivity contribution in [3.63, 3.8) is 0 Å². The molecule has 0 saturated carbocycles. The summed E-state index contributed by atoms with van der Waals surface area (Å²) in [5.74, 6) is -0.118. The zero-order chi connectivity index (χ0) is 17.7. The summed E-state index contributed by atoms with van der Waals surface area (Å²) in [4.78, 5) is 11.5. The van der Waals surface area contributed by atoms with Gasteiger partial charge in [0.1, 0.15) is 9.84 Å². The summed E-state index contributed by atoms with van der Waals surface area (Å²) in [6, 6.07) is 5.41. The van der Waals surface area contributed by atoms with Gasteiger partial charge < -0.3 is 0 Å². The number of Topliss-reactive ketones (excluding diaryl/α,β-unsaturated/α-hetero) is 1. The van der Waals surface area contributed by atoms with Crippen LogP contribution in [0.4, 0.5) is 0 Å². The van der Waals surface area contributed by atoms with Crippen LogP contribution in [0.15, 0.2) is 29.2 Å². The number of sulfone groups is 1. The average Bonchev–Trinajstić information content (AvgIpc) is 2.78. The van der Waals surface area contributed by atoms with E-state index in [9.17, 15) is 21.6 Å². The fourth-order valence-corrected chi connectivity index (χ4v) is 6.84. The molecule has 6 nitrogen and oxygen atoms in total. The van der Waals surface area contributed by atoms with Crippen LogP contribution in [0.5, 0.6) is 0 Å². The minimum Gasteiger partial charge on any atom is -0.295 e. The van der Waals surface area contributed by atoms with E-state index >= 15 is 0 Å². The van der Waals surface area contributed by atoms with Crippen LogP contribution in [0.3, 0.4) is 0 Å². The third-order valence-electron chi connectivity index (χ3n) is 5.06. The normalized spacial score (nSPS) is 28.0. The van der Waals surface area contributed by atoms with Crippen molar-refractivity contribution in [3.8, 4) is 0 Å². The molecule has 24 heavy (non-hydrogen) atoms. The van der Waals surface area contributed by atoms with Gasteiger partial charge in [-0.05, 0) is 44.7 Å². The van der Waals surface area contributed by atoms with Gasteiger partial charge >= 0.3 is 0 Å². The second-order valence-electron chi connectivity index (χ2n) is 6.72. The number of sulfonamides is 1. The predicted octanol–water partition coefficient (Wildman–Crippen LogP) is 1.62. The van der Waals surface area contributed by atoms with Crippen LogP contribution in [-0.4, -0.2) is 50.5 Å². The minimum absolute atomic E-state index is 0.118. The summed E-state index contributed by atoms with van der Waals surface area (Å²) in [6.07, 6.45) is 3.34. The number of fused-ring (bicyclic) bond motifs is 2. The van der Waals surface area contributed by atoms with E-state index in [1.165, 1.54) is 41.8 Å². The monoisotopic (exact) mass is 371 g/mol. The number of piperidine rings is 1. The molecule has 0 aromatic heterocycles. The number of nitrogens with zero attached hydrogens (tertiary/aromatic N) is 1. The Morgan fingerprint density at radius 2 is 1.50 bits per heavy atom. The van der Waals surface area contributed by atoms with Crippen LogP contribution in [0.25, 0.3) is 0 Å². The summed E-state index contributed by atoms with van der Waals surface area (Å²) >= 11 is 0. The number of hydrogen-bond acceptors (Lipinski definition) is 5. The molecule has 2 saturated heterocycles. The van der Waals surface area contributed by atoms with Crippen molar-refractivity contribution in [1.29, 1.82) is 0 Å². The lowest BCUT2D eigenvalue weighted by Gasteiger charge is -2.37. The minimum atomic E-state index is -3.68. The lowest BCUT2D eigenvalue weighted by atomic mass is 10.1. The second kappa shape index (κ2) is 5.93. The quantitative estimate of drug-likeness (QED) is 0.751. The zero-order valence-corrected chi connectivity index (χ0v) is 15.3. The van der Waals surface area contributed by atoms with Gasteiger partial charge in [-0.15, -0.1) is 0 Å². The van der Waals surface area contributed by atoms with Gasteiger partial charge in [-0.1, -0.05) is 12.1 Å². The van der Waals surface area contributed by atoms with Crippen LogP contribution in [-0.2, 0) is 19.9 Å². The number of benzene rings is 1. The number of ketones is 1. The molecule has 3 rings (SSSR count). The maximum atomic E-state index is 13.0. The van der Waals surface area contributed by atoms with Gasteiger partial charge in [0.05, 0.1) is 10.1 Å². The standard InChI is InChI=1S/C16H21NO5S2/c1-11(18)12-3-7-15(8-4-12)24(21,22)17-13-5-6-14(17)10-16(9-13)23(2,19)20/h3-4,7-8,13-14,16H,5-6,9-10H2,1-2H3. The lowest BCUT2D eigenvalue weighted by molar-refractivity contribution is 0.101. The van der Waals surface area contributed by atoms with Crippen LogP contribution in [0, 0.1) is 0 Å². The van der Waals surface area contributed by atoms with Gasteiger partial charge in [-0.25, -0.2) is 16.8 Å². The highest BCUT2D eigenvalue weighted by Gasteiger charge is 2.49. The summed E-state index contributed by atoms with van der Waals surface area (Å²) < 4.78 is 51.1. The molecule has 2 bridgehead atoms. The molecular weight excluding hydrogens is 350 g/mol. The molecule has 2 atom stereocenters. The van der Waals surface area contributed by atoms with Crippen LogP contribution in [0.2, 0.25) is 0 Å². The Hall–Kier alpha value is -1.25. The van der Waals surface area contributed by atoms with Crippen LogP contribution in [0.1, 0.15) is 43.0 Å². The molecule has 0 spiro atoms. The first-order chi connectivity index (χ1) is 11.1. The third-order valence-corrected chi connectivity index (χ3v) is 8.68. The highest BCUT2D eigenvalue weighted by Crippen LogP contribution is 2.41. The van der Waals surface area contributed by atoms with Gasteiger partial charge in [0.15, 0.2) is 5.78 Å². The van der Waals surface area contributed by atoms with Crippen molar-refractivity contribution in [2.75, 3.05) is 6.26 Å². The molecule has 8 heteroatoms. The second-order valence-corrected chi connectivity index (χ2v) is 10.9. The van der Waals surface area contributed by atoms with Crippen molar-refractivity contribution >= 4 is 25.6 Å². The molecule has 2 heterocycles. The first-order valence-electron chi connectivity index (χ1n) is 7.94. The molecular formula is C16H21NO5S2. The average molecular weight is 371 g/mol. The van der Waals surface area contributed by atoms with E-state index in [0.717, 1.165) is 0 Å². The Morgan fingerprint density at radius 1 is 1.00 bits per heavy atom. The Morgan fingerprint density at radius 3 is 1.92 bits per heavy atom. The SMILES string of the molecule is CC(=O)c1ccc(S(=O)(=O)N2C3CCC2CC(S(C)(=O)=O)C3)cc1. The van der Waals surface area contributed by atoms with Crippen molar-refractivity contribution in [1.82, 2.24) is 4.31 Å². The molecule has 2 fully saturated rings. The highest BCUT2D eigenvalue weighted by molar-refractivity contribution is 7.91. The van der Waals surface area contributed by atoms with E-state index in [1.807, 2.05) is 0 Å². The van der Waals surface area contributed by atoms with E-state index in [-0.39, 0.29) is 22.8 Å². The van der Waals surface area contributed by atoms with Gasteiger partial charge in [0.25, 0.3) is 0 Å². The highest BCUT2D eigenvalue weighted by atomic mass is 32.2. The zero-order valence-electron chi connectivity index (χ0n) is 13.7. The Balaban J connectivity index is 1.90. The molecule has 0 N–H and O–H groups in total. The largest absolute Gasteiger partial charge is 0.295 e. The van der Waals surface area contributed by atoms with E-state index < -0.39 is 25.1 Å². The molecule has 0 amide bonds. The first kappa shape index (κ1) is 17.6. The van der Waals surface area contributed by atoms with Crippen molar-refractivity contribution in [2.45, 2.75) is 54.8 Å². The topological polar surface area (TPSA) is 88.6 Å². The fourth-order valence-electron chi connectivity index (χ4n) is 3.81. The van der Waals surface area contributed by atoms with E-state index in [0.29, 0.717) is 31.2 Å². The molecule has 2 unspecified atom stereocenters. The molecule has 2 aliphatic heterocycles. The summed E-state index contributed by atoms with van der Waals surface area (Å²) in [5.41, 5.74) is 0.465. The van der Waals surface area contributed by atoms with Gasteiger partial charge in [0, 0.05) is 23.9 Å². The maximum Gasteiger partial charge on any atom is 0.243 e. The third kappa shape index (κ3) is 3.02. The van der Waals surface area contributed by atoms with Gasteiger partial charge in [0.2, 0.25) is 10.0 Å². The van der Waals surface area contributed by atoms with Crippen molar-refractivity contribution < 1.29 is 21.6 Å². The Kier molecular flexibility index (Phi) is 4.34. The summed E-state index contributed by atoms with van der Waals surface area (Å²) in [6.45, 7) is 1.43. The molecule has 2 aliphatic rings. The number of rotatable bonds is 4. The molecule has 1 aromatic carbocycles. The van der Waals surface area contributed by atoms with E-state index in [4.69, 9.17) is 0 Å². The number of carbonyl (C=O) groups is 1. The van der Waals surface area contributed by atoms with Crippen LogP contribution >= 0.6 is 0 Å². The molecule has 1 aromatic rings.